The van der Waals surface area contributed by atoms with E-state index in [4.69, 9.17) is 0 Å². The van der Waals surface area contributed by atoms with Crippen molar-refractivity contribution in [1.29, 1.82) is 0 Å². The molecule has 21 heavy (non-hydrogen) atoms. The van der Waals surface area contributed by atoms with E-state index in [9.17, 15) is 14.6 Å². The molecular weight excluding hydrogens is 269 g/mol. The summed E-state index contributed by atoms with van der Waals surface area (Å²) >= 11 is 0. The summed E-state index contributed by atoms with van der Waals surface area (Å²) in [5, 5.41) is 19.8. The van der Waals surface area contributed by atoms with Crippen molar-refractivity contribution in [3.05, 3.63) is 24.6 Å². The summed E-state index contributed by atoms with van der Waals surface area (Å²) in [4.78, 5) is 4.16. The highest BCUT2D eigenvalue weighted by Crippen LogP contribution is 2.38. The monoisotopic (exact) mass is 299 g/mol. The minimum Gasteiger partial charge on any atom is -0.390 e. The predicted octanol–water partition coefficient (Wildman–Crippen LogP) is 3.82. The van der Waals surface area contributed by atoms with Crippen LogP contribution in [0, 0.1) is 5.41 Å². The van der Waals surface area contributed by atoms with Crippen molar-refractivity contribution in [2.24, 2.45) is 10.4 Å². The Morgan fingerprint density at radius 3 is 2.14 bits per heavy atom. The molecule has 0 radical (unpaired) electrons. The second-order valence-electron chi connectivity index (χ2n) is 6.86. The lowest BCUT2D eigenvalue weighted by Gasteiger charge is -2.38. The van der Waals surface area contributed by atoms with Crippen LogP contribution < -0.4 is 0 Å². The van der Waals surface area contributed by atoms with Crippen molar-refractivity contribution in [1.82, 2.24) is 0 Å². The van der Waals surface area contributed by atoms with Gasteiger partial charge in [0.15, 0.2) is 0 Å². The second-order valence-corrected chi connectivity index (χ2v) is 6.86. The van der Waals surface area contributed by atoms with Crippen molar-refractivity contribution < 1.29 is 14.6 Å². The molecule has 0 fully saturated rings. The average molecular weight is 299 g/mol. The molecule has 1 unspecified atom stereocenters. The fourth-order valence-electron chi connectivity index (χ4n) is 1.90. The summed E-state index contributed by atoms with van der Waals surface area (Å²) in [6.45, 7) is 12.6. The number of aliphatic imine (C=N–C) groups is 1. The van der Waals surface area contributed by atoms with Crippen LogP contribution in [0.2, 0.25) is 0 Å². The fraction of sp³-hybridized carbons (Fsp3) is 0.706. The van der Waals surface area contributed by atoms with E-state index in [1.807, 2.05) is 6.92 Å². The van der Waals surface area contributed by atoms with Crippen molar-refractivity contribution in [3.8, 4) is 0 Å². The van der Waals surface area contributed by atoms with Gasteiger partial charge in [0.2, 0.25) is 0 Å². The lowest BCUT2D eigenvalue weighted by atomic mass is 9.71. The van der Waals surface area contributed by atoms with Crippen molar-refractivity contribution in [2.75, 3.05) is 6.54 Å². The van der Waals surface area contributed by atoms with Crippen molar-refractivity contribution in [2.45, 2.75) is 65.1 Å². The molecule has 0 aromatic carbocycles. The third-order valence-electron chi connectivity index (χ3n) is 3.69. The first-order chi connectivity index (χ1) is 9.41. The Morgan fingerprint density at radius 2 is 1.71 bits per heavy atom. The summed E-state index contributed by atoms with van der Waals surface area (Å²) in [6, 6.07) is 0. The van der Waals surface area contributed by atoms with Gasteiger partial charge in [-0.05, 0) is 52.7 Å². The van der Waals surface area contributed by atoms with Gasteiger partial charge in [0.05, 0.1) is 11.2 Å². The van der Waals surface area contributed by atoms with Crippen LogP contribution in [0.4, 0.5) is 4.39 Å². The number of nitrogens with zero attached hydrogens (tertiary/aromatic N) is 1. The minimum absolute atomic E-state index is 0.417. The van der Waals surface area contributed by atoms with Gasteiger partial charge < -0.3 is 10.2 Å². The number of halogens is 1. The van der Waals surface area contributed by atoms with Crippen LogP contribution in [0.5, 0.6) is 0 Å². The topological polar surface area (TPSA) is 52.8 Å². The summed E-state index contributed by atoms with van der Waals surface area (Å²) in [6.07, 6.45) is 6.40. The Labute approximate surface area is 128 Å². The number of hydrogen-bond donors (Lipinski definition) is 2. The van der Waals surface area contributed by atoms with E-state index >= 15 is 0 Å². The summed E-state index contributed by atoms with van der Waals surface area (Å²) in [5.41, 5.74) is -2.58. The molecule has 1 atom stereocenters. The molecule has 2 N–H and O–H groups in total. The van der Waals surface area contributed by atoms with E-state index in [2.05, 4.69) is 11.6 Å². The fourth-order valence-corrected chi connectivity index (χ4v) is 1.90. The van der Waals surface area contributed by atoms with Gasteiger partial charge in [0, 0.05) is 18.2 Å². The number of allylic oxidation sites excluding steroid dienone is 2. The zero-order chi connectivity index (χ0) is 16.7. The van der Waals surface area contributed by atoms with E-state index in [-0.39, 0.29) is 0 Å². The van der Waals surface area contributed by atoms with Gasteiger partial charge in [-0.25, -0.2) is 4.39 Å². The third-order valence-corrected chi connectivity index (χ3v) is 3.69. The Morgan fingerprint density at radius 1 is 1.14 bits per heavy atom. The first-order valence-corrected chi connectivity index (χ1v) is 7.38. The van der Waals surface area contributed by atoms with E-state index < -0.39 is 22.4 Å². The Balaban J connectivity index is 4.54. The average Bonchev–Trinajstić information content (AvgIpc) is 2.30. The van der Waals surface area contributed by atoms with Gasteiger partial charge in [-0.15, -0.1) is 0 Å². The number of rotatable bonds is 9. The van der Waals surface area contributed by atoms with Gasteiger partial charge in [-0.3, -0.25) is 4.99 Å². The molecule has 0 bridgehead atoms. The van der Waals surface area contributed by atoms with Gasteiger partial charge >= 0.3 is 0 Å². The molecule has 4 heteroatoms. The first-order valence-electron chi connectivity index (χ1n) is 7.38. The molecule has 0 rings (SSSR count). The molecular formula is C17H30FNO2. The third kappa shape index (κ3) is 8.12. The molecule has 0 heterocycles. The molecule has 0 saturated carbocycles. The summed E-state index contributed by atoms with van der Waals surface area (Å²) in [5.74, 6) is -0.417. The van der Waals surface area contributed by atoms with E-state index in [1.54, 1.807) is 27.7 Å². The maximum atomic E-state index is 13.5. The number of hydrogen-bond acceptors (Lipinski definition) is 3. The minimum atomic E-state index is -1.02. The van der Waals surface area contributed by atoms with Crippen LogP contribution >= 0.6 is 0 Å². The van der Waals surface area contributed by atoms with Crippen LogP contribution in [0.1, 0.15) is 53.9 Å². The highest BCUT2D eigenvalue weighted by molar-refractivity contribution is 5.66. The SMILES string of the molecule is C=C/C(F)=C\C(C)(CCCCN=CC(C)(C)O)C(C)(C)O. The Kier molecular flexibility index (Phi) is 7.48. The zero-order valence-electron chi connectivity index (χ0n) is 14.0. The molecule has 122 valence electrons. The van der Waals surface area contributed by atoms with Gasteiger partial charge in [-0.2, -0.15) is 0 Å². The van der Waals surface area contributed by atoms with Crippen molar-refractivity contribution >= 4 is 6.21 Å². The number of unbranched alkanes of at least 4 members (excludes halogenated alkanes) is 1. The van der Waals surface area contributed by atoms with Crippen LogP contribution in [-0.4, -0.2) is 34.2 Å². The molecule has 0 aliphatic rings. The van der Waals surface area contributed by atoms with Gasteiger partial charge in [-0.1, -0.05) is 19.9 Å². The van der Waals surface area contributed by atoms with Crippen LogP contribution in [0.15, 0.2) is 29.6 Å². The molecule has 0 aliphatic heterocycles. The molecule has 0 aliphatic carbocycles. The summed E-state index contributed by atoms with van der Waals surface area (Å²) < 4.78 is 13.5. The Bertz CT molecular complexity index is 389. The van der Waals surface area contributed by atoms with Crippen LogP contribution in [0.3, 0.4) is 0 Å². The molecule has 0 saturated heterocycles. The molecule has 0 aromatic rings. The zero-order valence-corrected chi connectivity index (χ0v) is 14.0. The summed E-state index contributed by atoms with van der Waals surface area (Å²) in [7, 11) is 0. The quantitative estimate of drug-likeness (QED) is 0.386. The van der Waals surface area contributed by atoms with Crippen LogP contribution in [-0.2, 0) is 0 Å². The normalized spacial score (nSPS) is 17.0. The van der Waals surface area contributed by atoms with E-state index in [0.717, 1.165) is 18.9 Å². The molecule has 0 aromatic heterocycles. The highest BCUT2D eigenvalue weighted by Gasteiger charge is 2.37. The van der Waals surface area contributed by atoms with E-state index in [1.165, 1.54) is 12.3 Å². The van der Waals surface area contributed by atoms with E-state index in [0.29, 0.717) is 13.0 Å². The highest BCUT2D eigenvalue weighted by atomic mass is 19.1. The van der Waals surface area contributed by atoms with Gasteiger partial charge in [0.1, 0.15) is 5.83 Å². The second kappa shape index (κ2) is 7.85. The maximum Gasteiger partial charge on any atom is 0.119 e. The largest absolute Gasteiger partial charge is 0.390 e. The first kappa shape index (κ1) is 20.0. The lowest BCUT2D eigenvalue weighted by Crippen LogP contribution is -2.40. The molecule has 3 nitrogen and oxygen atoms in total. The standard InChI is InChI=1S/C17H30FNO2/c1-7-14(18)12-17(6,16(4,5)21)10-8-9-11-19-13-15(2,3)20/h7,12-13,20-21H,1,8-11H2,2-6H3/b14-12+,19-13?. The Hall–Kier alpha value is -1.00. The van der Waals surface area contributed by atoms with Crippen LogP contribution in [0.25, 0.3) is 0 Å². The molecule has 0 amide bonds. The van der Waals surface area contributed by atoms with Gasteiger partial charge in [0.25, 0.3) is 0 Å². The smallest absolute Gasteiger partial charge is 0.119 e. The lowest BCUT2D eigenvalue weighted by molar-refractivity contribution is -0.0237. The van der Waals surface area contributed by atoms with Crippen molar-refractivity contribution in [3.63, 3.8) is 0 Å². The number of aliphatic hydroxyl groups is 2. The predicted molar refractivity (Wildman–Crippen MR) is 87.3 cm³/mol. The maximum absolute atomic E-state index is 13.5. The molecule has 0 spiro atoms.